The molecule has 1 aromatic heterocycles. The number of hydrogen-bond acceptors (Lipinski definition) is 5. The van der Waals surface area contributed by atoms with Gasteiger partial charge in [-0.05, 0) is 25.0 Å². The summed E-state index contributed by atoms with van der Waals surface area (Å²) in [5, 5.41) is 0.569. The lowest BCUT2D eigenvalue weighted by atomic mass is 10.3. The number of rotatable bonds is 3. The molecule has 16 heavy (non-hydrogen) atoms. The highest BCUT2D eigenvalue weighted by Gasteiger charge is 2.28. The van der Waals surface area contributed by atoms with Gasteiger partial charge in [0.15, 0.2) is 5.75 Å². The highest BCUT2D eigenvalue weighted by molar-refractivity contribution is 7.07. The lowest BCUT2D eigenvalue weighted by molar-refractivity contribution is 0.479. The topological polar surface area (TPSA) is 61.0 Å². The molecular weight excluding hydrogens is 222 g/mol. The Balaban J connectivity index is 1.80. The minimum Gasteiger partial charge on any atom is -0.428 e. The van der Waals surface area contributed by atoms with Gasteiger partial charge in [0.1, 0.15) is 5.82 Å². The second-order valence-electron chi connectivity index (χ2n) is 3.83. The van der Waals surface area contributed by atoms with Gasteiger partial charge in [0.2, 0.25) is 0 Å². The summed E-state index contributed by atoms with van der Waals surface area (Å²) in [5.74, 6) is 2.11. The molecule has 0 spiro atoms. The molecule has 0 bridgehead atoms. The van der Waals surface area contributed by atoms with Gasteiger partial charge in [0, 0.05) is 17.5 Å². The van der Waals surface area contributed by atoms with Crippen molar-refractivity contribution in [3.63, 3.8) is 0 Å². The van der Waals surface area contributed by atoms with Crippen molar-refractivity contribution in [1.29, 1.82) is 0 Å². The van der Waals surface area contributed by atoms with E-state index in [-0.39, 0.29) is 0 Å². The predicted octanol–water partition coefficient (Wildman–Crippen LogP) is 2.79. The van der Waals surface area contributed by atoms with Crippen LogP contribution in [-0.4, -0.2) is 9.36 Å². The van der Waals surface area contributed by atoms with E-state index < -0.39 is 0 Å². The van der Waals surface area contributed by atoms with Crippen molar-refractivity contribution >= 4 is 17.2 Å². The Hall–Kier alpha value is -1.62. The van der Waals surface area contributed by atoms with Crippen molar-refractivity contribution in [1.82, 2.24) is 9.36 Å². The summed E-state index contributed by atoms with van der Waals surface area (Å²) in [6.45, 7) is 0. The van der Waals surface area contributed by atoms with E-state index in [1.165, 1.54) is 24.4 Å². The third-order valence-electron chi connectivity index (χ3n) is 2.48. The molecule has 82 valence electrons. The largest absolute Gasteiger partial charge is 0.428 e. The van der Waals surface area contributed by atoms with Crippen molar-refractivity contribution in [3.05, 3.63) is 30.1 Å². The lowest BCUT2D eigenvalue weighted by Crippen LogP contribution is -1.91. The average molecular weight is 233 g/mol. The summed E-state index contributed by atoms with van der Waals surface area (Å²) in [6.07, 6.45) is 2.40. The van der Waals surface area contributed by atoms with Crippen LogP contribution in [-0.2, 0) is 0 Å². The van der Waals surface area contributed by atoms with Gasteiger partial charge in [0.25, 0.3) is 5.19 Å². The van der Waals surface area contributed by atoms with E-state index in [1.807, 2.05) is 18.2 Å². The highest BCUT2D eigenvalue weighted by atomic mass is 32.1. The fourth-order valence-electron chi connectivity index (χ4n) is 1.44. The number of benzene rings is 1. The van der Waals surface area contributed by atoms with E-state index >= 15 is 0 Å². The zero-order chi connectivity index (χ0) is 11.0. The number of nitrogen functional groups attached to an aromatic ring is 1. The summed E-state index contributed by atoms with van der Waals surface area (Å²) >= 11 is 1.28. The monoisotopic (exact) mass is 233 g/mol. The van der Waals surface area contributed by atoms with E-state index in [9.17, 15) is 0 Å². The molecule has 1 aliphatic carbocycles. The van der Waals surface area contributed by atoms with Crippen LogP contribution in [0.2, 0.25) is 0 Å². The number of ether oxygens (including phenoxy) is 1. The van der Waals surface area contributed by atoms with Gasteiger partial charge in [-0.3, -0.25) is 0 Å². The Labute approximate surface area is 97.3 Å². The van der Waals surface area contributed by atoms with Crippen LogP contribution in [0.5, 0.6) is 10.9 Å². The van der Waals surface area contributed by atoms with Crippen molar-refractivity contribution in [2.75, 3.05) is 5.73 Å². The second-order valence-corrected chi connectivity index (χ2v) is 4.55. The quantitative estimate of drug-likeness (QED) is 0.828. The Kier molecular flexibility index (Phi) is 2.25. The van der Waals surface area contributed by atoms with Crippen LogP contribution in [0.1, 0.15) is 24.6 Å². The van der Waals surface area contributed by atoms with Gasteiger partial charge in [-0.15, -0.1) is 0 Å². The van der Waals surface area contributed by atoms with Crippen molar-refractivity contribution in [2.45, 2.75) is 18.8 Å². The minimum atomic E-state index is 0.557. The van der Waals surface area contributed by atoms with E-state index in [0.29, 0.717) is 22.5 Å². The molecule has 1 fully saturated rings. The molecule has 3 rings (SSSR count). The Bertz CT molecular complexity index is 507. The molecule has 2 aromatic rings. The molecule has 4 nitrogen and oxygen atoms in total. The summed E-state index contributed by atoms with van der Waals surface area (Å²) < 4.78 is 9.86. The maximum atomic E-state index is 5.78. The molecule has 0 aliphatic heterocycles. The molecule has 1 saturated carbocycles. The molecule has 0 atom stereocenters. The number of hydrogen-bond donors (Lipinski definition) is 1. The molecule has 0 amide bonds. The van der Waals surface area contributed by atoms with E-state index in [0.717, 1.165) is 5.82 Å². The summed E-state index contributed by atoms with van der Waals surface area (Å²) in [6, 6.07) is 7.39. The molecule has 1 aliphatic rings. The van der Waals surface area contributed by atoms with Crippen molar-refractivity contribution in [2.24, 2.45) is 0 Å². The number of nitrogens with zero attached hydrogens (tertiary/aromatic N) is 2. The maximum Gasteiger partial charge on any atom is 0.298 e. The average Bonchev–Trinajstić information content (AvgIpc) is 3.03. The first-order valence-electron chi connectivity index (χ1n) is 5.19. The summed E-state index contributed by atoms with van der Waals surface area (Å²) in [5.41, 5.74) is 6.40. The number of anilines is 1. The molecule has 1 heterocycles. The predicted molar refractivity (Wildman–Crippen MR) is 62.8 cm³/mol. The van der Waals surface area contributed by atoms with Crippen LogP contribution in [0.4, 0.5) is 5.69 Å². The standard InChI is InChI=1S/C11H11N3OS/c12-8-3-1-2-4-9(8)15-11-13-10(14-16-11)7-5-6-7/h1-4,7H,5-6,12H2. The van der Waals surface area contributed by atoms with Gasteiger partial charge in [-0.2, -0.15) is 9.36 Å². The molecule has 2 N–H and O–H groups in total. The van der Waals surface area contributed by atoms with Crippen LogP contribution in [0.3, 0.4) is 0 Å². The van der Waals surface area contributed by atoms with E-state index in [1.54, 1.807) is 6.07 Å². The smallest absolute Gasteiger partial charge is 0.298 e. The number of aromatic nitrogens is 2. The molecular formula is C11H11N3OS. The van der Waals surface area contributed by atoms with Crippen LogP contribution in [0, 0.1) is 0 Å². The van der Waals surface area contributed by atoms with Crippen molar-refractivity contribution < 1.29 is 4.74 Å². The second kappa shape index (κ2) is 3.75. The Morgan fingerprint density at radius 2 is 2.12 bits per heavy atom. The highest BCUT2D eigenvalue weighted by Crippen LogP contribution is 2.40. The Morgan fingerprint density at radius 1 is 1.31 bits per heavy atom. The van der Waals surface area contributed by atoms with Gasteiger partial charge in [-0.25, -0.2) is 0 Å². The van der Waals surface area contributed by atoms with Crippen LogP contribution >= 0.6 is 11.5 Å². The maximum absolute atomic E-state index is 5.78. The minimum absolute atomic E-state index is 0.557. The van der Waals surface area contributed by atoms with E-state index in [4.69, 9.17) is 10.5 Å². The third kappa shape index (κ3) is 1.86. The first kappa shape index (κ1) is 9.59. The van der Waals surface area contributed by atoms with Crippen LogP contribution < -0.4 is 10.5 Å². The Morgan fingerprint density at radius 3 is 2.88 bits per heavy atom. The normalized spacial score (nSPS) is 15.0. The number of nitrogens with two attached hydrogens (primary N) is 1. The molecule has 0 radical (unpaired) electrons. The SMILES string of the molecule is Nc1ccccc1Oc1nc(C2CC2)ns1. The first-order chi connectivity index (χ1) is 7.83. The lowest BCUT2D eigenvalue weighted by Gasteiger charge is -2.03. The summed E-state index contributed by atoms with van der Waals surface area (Å²) in [4.78, 5) is 4.34. The molecule has 5 heteroatoms. The zero-order valence-corrected chi connectivity index (χ0v) is 9.41. The zero-order valence-electron chi connectivity index (χ0n) is 8.59. The molecule has 1 aromatic carbocycles. The fourth-order valence-corrected chi connectivity index (χ4v) is 2.06. The van der Waals surface area contributed by atoms with Gasteiger partial charge in [0.05, 0.1) is 5.69 Å². The van der Waals surface area contributed by atoms with Crippen molar-refractivity contribution in [3.8, 4) is 10.9 Å². The summed E-state index contributed by atoms with van der Waals surface area (Å²) in [7, 11) is 0. The third-order valence-corrected chi connectivity index (χ3v) is 3.09. The van der Waals surface area contributed by atoms with E-state index in [2.05, 4.69) is 9.36 Å². The molecule has 0 saturated heterocycles. The molecule has 0 unspecified atom stereocenters. The van der Waals surface area contributed by atoms with Crippen LogP contribution in [0.15, 0.2) is 24.3 Å². The van der Waals surface area contributed by atoms with Crippen LogP contribution in [0.25, 0.3) is 0 Å². The first-order valence-corrected chi connectivity index (χ1v) is 5.96. The van der Waals surface area contributed by atoms with Gasteiger partial charge >= 0.3 is 0 Å². The fraction of sp³-hybridized carbons (Fsp3) is 0.273. The number of para-hydroxylation sites is 2. The van der Waals surface area contributed by atoms with Gasteiger partial charge in [-0.1, -0.05) is 12.1 Å². The van der Waals surface area contributed by atoms with Gasteiger partial charge < -0.3 is 10.5 Å².